The standard InChI is InChI=1S/C29H35F3N2O4/c1-3-21-14-23(10-11-24(21)15-34-16-25(17-34)38-28(35)36)19(2)33-37-18-20-9-12-26(22-7-5-4-6-8-22)27(13-20)29(30,31)32/h9-14,22,25H,3-8,15-18H2,1-2H3,(H,35,36). The Bertz CT molecular complexity index is 1150. The maximum atomic E-state index is 13.8. The first-order valence-electron chi connectivity index (χ1n) is 13.2. The Morgan fingerprint density at radius 1 is 1.08 bits per heavy atom. The molecule has 0 atom stereocenters. The molecule has 6 nitrogen and oxygen atoms in total. The van der Waals surface area contributed by atoms with Gasteiger partial charge in [-0.3, -0.25) is 4.90 Å². The minimum Gasteiger partial charge on any atom is -0.450 e. The number of rotatable bonds is 9. The fourth-order valence-corrected chi connectivity index (χ4v) is 5.41. The van der Waals surface area contributed by atoms with E-state index >= 15 is 0 Å². The highest BCUT2D eigenvalue weighted by molar-refractivity contribution is 5.98. The topological polar surface area (TPSA) is 71.4 Å². The number of likely N-dealkylation sites (tertiary alicyclic amines) is 1. The van der Waals surface area contributed by atoms with Crippen LogP contribution in [-0.2, 0) is 35.3 Å². The summed E-state index contributed by atoms with van der Waals surface area (Å²) in [5.41, 5.74) is 4.10. The Kier molecular flexibility index (Phi) is 8.97. The summed E-state index contributed by atoms with van der Waals surface area (Å²) in [6.07, 6.45) is -0.469. The van der Waals surface area contributed by atoms with Crippen molar-refractivity contribution in [1.82, 2.24) is 4.90 Å². The molecule has 4 rings (SSSR count). The molecule has 0 amide bonds. The molecule has 1 N–H and O–H groups in total. The number of halogens is 3. The lowest BCUT2D eigenvalue weighted by atomic mass is 9.81. The van der Waals surface area contributed by atoms with Gasteiger partial charge in [0.15, 0.2) is 0 Å². The van der Waals surface area contributed by atoms with Gasteiger partial charge >= 0.3 is 12.3 Å². The van der Waals surface area contributed by atoms with Gasteiger partial charge in [0, 0.05) is 19.6 Å². The predicted molar refractivity (Wildman–Crippen MR) is 138 cm³/mol. The zero-order chi connectivity index (χ0) is 27.3. The van der Waals surface area contributed by atoms with Crippen LogP contribution in [-0.4, -0.2) is 41.1 Å². The Morgan fingerprint density at radius 3 is 2.47 bits per heavy atom. The van der Waals surface area contributed by atoms with E-state index in [1.165, 1.54) is 6.07 Å². The number of hydrogen-bond donors (Lipinski definition) is 1. The maximum Gasteiger partial charge on any atom is 0.506 e. The second-order valence-electron chi connectivity index (χ2n) is 10.2. The average Bonchev–Trinajstić information content (AvgIpc) is 2.87. The molecule has 1 saturated heterocycles. The summed E-state index contributed by atoms with van der Waals surface area (Å²) in [7, 11) is 0. The van der Waals surface area contributed by atoms with Crippen molar-refractivity contribution < 1.29 is 32.6 Å². The van der Waals surface area contributed by atoms with Crippen molar-refractivity contribution in [3.05, 3.63) is 69.8 Å². The van der Waals surface area contributed by atoms with Crippen molar-refractivity contribution in [2.24, 2.45) is 5.16 Å². The molecule has 2 fully saturated rings. The Hall–Kier alpha value is -3.07. The Labute approximate surface area is 221 Å². The van der Waals surface area contributed by atoms with Crippen LogP contribution in [0, 0.1) is 0 Å². The molecule has 0 aromatic heterocycles. The fraction of sp³-hybridized carbons (Fsp3) is 0.517. The van der Waals surface area contributed by atoms with E-state index in [1.807, 2.05) is 25.1 Å². The molecule has 2 aromatic carbocycles. The van der Waals surface area contributed by atoms with Crippen LogP contribution in [0.2, 0.25) is 0 Å². The van der Waals surface area contributed by atoms with Gasteiger partial charge in [-0.05, 0) is 72.1 Å². The number of carboxylic acid groups (broad SMARTS) is 1. The van der Waals surface area contributed by atoms with Crippen molar-refractivity contribution >= 4 is 11.9 Å². The van der Waals surface area contributed by atoms with Gasteiger partial charge in [-0.15, -0.1) is 0 Å². The highest BCUT2D eigenvalue weighted by Crippen LogP contribution is 2.41. The number of hydrogen-bond acceptors (Lipinski definition) is 5. The molecule has 1 aliphatic heterocycles. The van der Waals surface area contributed by atoms with Crippen LogP contribution in [0.15, 0.2) is 41.6 Å². The minimum atomic E-state index is -4.40. The molecule has 38 heavy (non-hydrogen) atoms. The molecule has 1 heterocycles. The third-order valence-corrected chi connectivity index (χ3v) is 7.49. The Morgan fingerprint density at radius 2 is 1.82 bits per heavy atom. The lowest BCUT2D eigenvalue weighted by Crippen LogP contribution is -2.52. The largest absolute Gasteiger partial charge is 0.506 e. The summed E-state index contributed by atoms with van der Waals surface area (Å²) in [4.78, 5) is 18.2. The molecule has 206 valence electrons. The molecule has 2 aliphatic rings. The number of carbonyl (C=O) groups is 1. The van der Waals surface area contributed by atoms with E-state index in [-0.39, 0.29) is 18.6 Å². The Balaban J connectivity index is 1.38. The maximum absolute atomic E-state index is 13.8. The van der Waals surface area contributed by atoms with Gasteiger partial charge in [-0.1, -0.05) is 55.6 Å². The zero-order valence-electron chi connectivity index (χ0n) is 21.9. The number of alkyl halides is 3. The van der Waals surface area contributed by atoms with Crippen LogP contribution in [0.25, 0.3) is 0 Å². The first-order chi connectivity index (χ1) is 18.1. The molecular formula is C29H35F3N2O4. The number of benzene rings is 2. The summed E-state index contributed by atoms with van der Waals surface area (Å²) in [5.74, 6) is -0.0352. The highest BCUT2D eigenvalue weighted by Gasteiger charge is 2.36. The minimum absolute atomic E-state index is 0.0352. The number of ether oxygens (including phenoxy) is 1. The number of oxime groups is 1. The van der Waals surface area contributed by atoms with E-state index in [0.717, 1.165) is 55.2 Å². The van der Waals surface area contributed by atoms with E-state index in [0.29, 0.717) is 36.5 Å². The molecule has 1 saturated carbocycles. The normalized spacial score (nSPS) is 17.8. The summed E-state index contributed by atoms with van der Waals surface area (Å²) >= 11 is 0. The van der Waals surface area contributed by atoms with E-state index < -0.39 is 17.9 Å². The molecule has 0 radical (unpaired) electrons. The number of nitrogens with zero attached hydrogens (tertiary/aromatic N) is 2. The second kappa shape index (κ2) is 12.2. The van der Waals surface area contributed by atoms with Crippen molar-refractivity contribution in [2.75, 3.05) is 13.1 Å². The molecule has 1 aliphatic carbocycles. The summed E-state index contributed by atoms with van der Waals surface area (Å²) in [6, 6.07) is 10.6. The van der Waals surface area contributed by atoms with E-state index in [4.69, 9.17) is 14.7 Å². The smallest absolute Gasteiger partial charge is 0.450 e. The second-order valence-corrected chi connectivity index (χ2v) is 10.2. The lowest BCUT2D eigenvalue weighted by molar-refractivity contribution is -0.138. The van der Waals surface area contributed by atoms with Crippen LogP contribution in [0.1, 0.15) is 85.3 Å². The van der Waals surface area contributed by atoms with Gasteiger partial charge in [0.1, 0.15) is 12.7 Å². The van der Waals surface area contributed by atoms with Crippen molar-refractivity contribution in [1.29, 1.82) is 0 Å². The van der Waals surface area contributed by atoms with Gasteiger partial charge < -0.3 is 14.7 Å². The van der Waals surface area contributed by atoms with Crippen molar-refractivity contribution in [3.8, 4) is 0 Å². The van der Waals surface area contributed by atoms with Crippen LogP contribution >= 0.6 is 0 Å². The molecule has 0 spiro atoms. The fourth-order valence-electron chi connectivity index (χ4n) is 5.41. The third kappa shape index (κ3) is 7.07. The van der Waals surface area contributed by atoms with Crippen molar-refractivity contribution in [2.45, 2.75) is 83.7 Å². The van der Waals surface area contributed by atoms with Gasteiger partial charge in [-0.25, -0.2) is 4.79 Å². The molecular weight excluding hydrogens is 497 g/mol. The van der Waals surface area contributed by atoms with E-state index in [2.05, 4.69) is 17.0 Å². The summed E-state index contributed by atoms with van der Waals surface area (Å²) in [6.45, 7) is 5.68. The first kappa shape index (κ1) is 28.0. The summed E-state index contributed by atoms with van der Waals surface area (Å²) < 4.78 is 46.3. The van der Waals surface area contributed by atoms with Gasteiger partial charge in [0.05, 0.1) is 11.3 Å². The van der Waals surface area contributed by atoms with Gasteiger partial charge in [0.2, 0.25) is 0 Å². The average molecular weight is 533 g/mol. The molecule has 0 bridgehead atoms. The quantitative estimate of drug-likeness (QED) is 0.211. The zero-order valence-corrected chi connectivity index (χ0v) is 21.9. The first-order valence-corrected chi connectivity index (χ1v) is 13.2. The predicted octanol–water partition coefficient (Wildman–Crippen LogP) is 7.14. The molecule has 2 aromatic rings. The van der Waals surface area contributed by atoms with Gasteiger partial charge in [0.25, 0.3) is 0 Å². The van der Waals surface area contributed by atoms with Crippen molar-refractivity contribution in [3.63, 3.8) is 0 Å². The van der Waals surface area contributed by atoms with E-state index in [9.17, 15) is 18.0 Å². The molecule has 0 unspecified atom stereocenters. The van der Waals surface area contributed by atoms with Crippen LogP contribution < -0.4 is 0 Å². The van der Waals surface area contributed by atoms with Crippen LogP contribution in [0.5, 0.6) is 0 Å². The lowest BCUT2D eigenvalue weighted by Gasteiger charge is -2.38. The van der Waals surface area contributed by atoms with Gasteiger partial charge in [-0.2, -0.15) is 13.2 Å². The number of aryl methyl sites for hydroxylation is 1. The van der Waals surface area contributed by atoms with Crippen LogP contribution in [0.3, 0.4) is 0 Å². The summed E-state index contributed by atoms with van der Waals surface area (Å²) in [5, 5.41) is 12.9. The third-order valence-electron chi connectivity index (χ3n) is 7.49. The van der Waals surface area contributed by atoms with E-state index in [1.54, 1.807) is 12.1 Å². The van der Waals surface area contributed by atoms with Crippen LogP contribution in [0.4, 0.5) is 18.0 Å². The molecule has 9 heteroatoms. The SMILES string of the molecule is CCc1cc(C(C)=NOCc2ccc(C3CCCCC3)c(C(F)(F)F)c2)ccc1CN1CC(OC(=O)O)C1. The monoisotopic (exact) mass is 532 g/mol. The highest BCUT2D eigenvalue weighted by atomic mass is 19.4.